The summed E-state index contributed by atoms with van der Waals surface area (Å²) in [5.74, 6) is 0.359. The van der Waals surface area contributed by atoms with Gasteiger partial charge in [-0.2, -0.15) is 0 Å². The SMILES string of the molecule is CC(C)[Si](O[C@H]1C[C@H](Nc2ncncc2C(=O)c2cc([C@H](C)O[Si](C)(C)C(C)(C)C)c(Cl)s2)C[C@@H]1CO)(C(C)C)C(C)C. The van der Waals surface area contributed by atoms with Crippen LogP contribution in [-0.2, 0) is 8.85 Å². The van der Waals surface area contributed by atoms with Gasteiger partial charge in [-0.05, 0) is 60.6 Å². The maximum absolute atomic E-state index is 13.8. The third kappa shape index (κ3) is 7.81. The second-order valence-electron chi connectivity index (χ2n) is 14.7. The summed E-state index contributed by atoms with van der Waals surface area (Å²) in [4.78, 5) is 23.0. The number of hydrogen-bond donors (Lipinski definition) is 2. The minimum absolute atomic E-state index is 0.0160. The van der Waals surface area contributed by atoms with Crippen LogP contribution in [0, 0.1) is 5.92 Å². The highest BCUT2D eigenvalue weighted by Crippen LogP contribution is 2.46. The monoisotopic (exact) mass is 667 g/mol. The average Bonchev–Trinajstić information content (AvgIpc) is 3.48. The van der Waals surface area contributed by atoms with E-state index >= 15 is 0 Å². The number of aliphatic hydroxyl groups is 1. The number of halogens is 1. The van der Waals surface area contributed by atoms with E-state index in [4.69, 9.17) is 20.5 Å². The molecule has 2 heterocycles. The minimum Gasteiger partial charge on any atom is -0.413 e. The molecular formula is C32H54ClN3O4SSi2. The van der Waals surface area contributed by atoms with Crippen molar-refractivity contribution in [1.82, 2.24) is 9.97 Å². The van der Waals surface area contributed by atoms with Gasteiger partial charge in [0.25, 0.3) is 0 Å². The number of nitrogens with one attached hydrogen (secondary N) is 1. The molecule has 0 spiro atoms. The van der Waals surface area contributed by atoms with E-state index in [2.05, 4.69) is 90.7 Å². The molecule has 3 rings (SSSR count). The fraction of sp³-hybridized carbons (Fsp3) is 0.719. The summed E-state index contributed by atoms with van der Waals surface area (Å²) in [5.41, 5.74) is 2.62. The zero-order valence-corrected chi connectivity index (χ0v) is 31.8. The van der Waals surface area contributed by atoms with Crippen LogP contribution in [0.15, 0.2) is 18.6 Å². The lowest BCUT2D eigenvalue weighted by Gasteiger charge is -2.45. The number of hydrogen-bond acceptors (Lipinski definition) is 8. The third-order valence-corrected chi connectivity index (χ3v) is 21.9. The van der Waals surface area contributed by atoms with Crippen LogP contribution >= 0.6 is 22.9 Å². The number of carbonyl (C=O) groups excluding carboxylic acids is 1. The van der Waals surface area contributed by atoms with Crippen molar-refractivity contribution in [3.05, 3.63) is 38.9 Å². The summed E-state index contributed by atoms with van der Waals surface area (Å²) >= 11 is 7.95. The molecule has 7 nitrogen and oxygen atoms in total. The van der Waals surface area contributed by atoms with Crippen LogP contribution in [0.2, 0.25) is 39.1 Å². The molecule has 2 N–H and O–H groups in total. The predicted octanol–water partition coefficient (Wildman–Crippen LogP) is 9.25. The highest BCUT2D eigenvalue weighted by molar-refractivity contribution is 7.18. The molecule has 0 bridgehead atoms. The van der Waals surface area contributed by atoms with E-state index in [1.165, 1.54) is 17.7 Å². The molecule has 43 heavy (non-hydrogen) atoms. The van der Waals surface area contributed by atoms with Crippen LogP contribution in [0.5, 0.6) is 0 Å². The highest BCUT2D eigenvalue weighted by atomic mass is 35.5. The summed E-state index contributed by atoms with van der Waals surface area (Å²) < 4.78 is 14.3. The third-order valence-electron chi connectivity index (χ3n) is 9.88. The second-order valence-corrected chi connectivity index (χ2v) is 26.5. The Balaban J connectivity index is 1.82. The molecular weight excluding hydrogens is 614 g/mol. The molecule has 1 saturated carbocycles. The number of aromatic nitrogens is 2. The molecule has 0 aromatic carbocycles. The summed E-state index contributed by atoms with van der Waals surface area (Å²) in [6.45, 7) is 26.8. The van der Waals surface area contributed by atoms with Gasteiger partial charge < -0.3 is 19.3 Å². The van der Waals surface area contributed by atoms with Crippen LogP contribution in [0.25, 0.3) is 0 Å². The van der Waals surface area contributed by atoms with Gasteiger partial charge in [0.2, 0.25) is 14.1 Å². The summed E-state index contributed by atoms with van der Waals surface area (Å²) in [6.07, 6.45) is 4.27. The van der Waals surface area contributed by atoms with Crippen LogP contribution in [0.1, 0.15) is 109 Å². The predicted molar refractivity (Wildman–Crippen MR) is 185 cm³/mol. The molecule has 2 aromatic heterocycles. The Morgan fingerprint density at radius 2 is 1.72 bits per heavy atom. The summed E-state index contributed by atoms with van der Waals surface area (Å²) in [5, 5.41) is 13.9. The molecule has 0 radical (unpaired) electrons. The molecule has 11 heteroatoms. The Kier molecular flexibility index (Phi) is 11.9. The first-order chi connectivity index (χ1) is 19.9. The van der Waals surface area contributed by atoms with Gasteiger partial charge in [0.05, 0.1) is 27.0 Å². The van der Waals surface area contributed by atoms with E-state index in [-0.39, 0.29) is 41.6 Å². The topological polar surface area (TPSA) is 93.6 Å². The van der Waals surface area contributed by atoms with Gasteiger partial charge in [-0.25, -0.2) is 9.97 Å². The number of nitrogens with zero attached hydrogens (tertiary/aromatic N) is 2. The lowest BCUT2D eigenvalue weighted by atomic mass is 10.1. The summed E-state index contributed by atoms with van der Waals surface area (Å²) in [6, 6.07) is 1.88. The molecule has 0 saturated heterocycles. The normalized spacial score (nSPS) is 20.8. The zero-order chi connectivity index (χ0) is 32.5. The molecule has 0 amide bonds. The van der Waals surface area contributed by atoms with Crippen molar-refractivity contribution >= 4 is 51.2 Å². The molecule has 1 aliphatic carbocycles. The van der Waals surface area contributed by atoms with Gasteiger partial charge in [0.1, 0.15) is 12.1 Å². The van der Waals surface area contributed by atoms with E-state index in [9.17, 15) is 9.90 Å². The lowest BCUT2D eigenvalue weighted by molar-refractivity contribution is 0.0941. The van der Waals surface area contributed by atoms with E-state index < -0.39 is 16.6 Å². The molecule has 1 aliphatic rings. The molecule has 4 atom stereocenters. The Hall–Kier alpha value is -1.15. The first-order valence-electron chi connectivity index (χ1n) is 15.7. The van der Waals surface area contributed by atoms with E-state index in [0.29, 0.717) is 37.2 Å². The van der Waals surface area contributed by atoms with Crippen molar-refractivity contribution in [2.75, 3.05) is 11.9 Å². The number of anilines is 1. The molecule has 0 aliphatic heterocycles. The maximum Gasteiger partial charge on any atom is 0.208 e. The number of aliphatic hydroxyl groups excluding tert-OH is 1. The second kappa shape index (κ2) is 14.1. The summed E-state index contributed by atoms with van der Waals surface area (Å²) in [7, 11) is -4.15. The maximum atomic E-state index is 13.8. The van der Waals surface area contributed by atoms with Crippen molar-refractivity contribution < 1.29 is 18.8 Å². The number of carbonyl (C=O) groups is 1. The molecule has 242 valence electrons. The average molecular weight is 668 g/mol. The minimum atomic E-state index is -2.12. The van der Waals surface area contributed by atoms with Gasteiger partial charge in [-0.1, -0.05) is 73.9 Å². The standard InChI is InChI=1S/C32H54ClN3O4SSi2/c1-19(2)43(20(3)4,21(5)6)40-27-14-24(13-23(27)17-37)36-31-26(16-34-18-35-31)29(38)28-15-25(30(33)41-28)22(7)39-42(11,12)32(8,9)10/h15-16,18-24,27,37H,13-14,17H2,1-12H3,(H,34,35,36)/t22-,23+,24+,27-/m0/s1. The van der Waals surface area contributed by atoms with E-state index in [1.54, 1.807) is 6.20 Å². The van der Waals surface area contributed by atoms with Gasteiger partial charge >= 0.3 is 0 Å². The van der Waals surface area contributed by atoms with Crippen molar-refractivity contribution in [2.24, 2.45) is 5.92 Å². The van der Waals surface area contributed by atoms with Gasteiger partial charge in [0, 0.05) is 30.3 Å². The van der Waals surface area contributed by atoms with Crippen LogP contribution in [0.4, 0.5) is 5.82 Å². The number of ketones is 1. The van der Waals surface area contributed by atoms with Crippen molar-refractivity contribution in [1.29, 1.82) is 0 Å². The van der Waals surface area contributed by atoms with Crippen molar-refractivity contribution in [3.63, 3.8) is 0 Å². The van der Waals surface area contributed by atoms with Crippen LogP contribution < -0.4 is 5.32 Å². The molecule has 1 fully saturated rings. The fourth-order valence-electron chi connectivity index (χ4n) is 6.60. The van der Waals surface area contributed by atoms with Gasteiger partial charge in [-0.15, -0.1) is 11.3 Å². The Labute approximate surface area is 270 Å². The number of rotatable bonds is 13. The van der Waals surface area contributed by atoms with Crippen molar-refractivity contribution in [3.8, 4) is 0 Å². The Morgan fingerprint density at radius 3 is 2.26 bits per heavy atom. The zero-order valence-electron chi connectivity index (χ0n) is 28.2. The Morgan fingerprint density at radius 1 is 1.12 bits per heavy atom. The number of thiophene rings is 1. The van der Waals surface area contributed by atoms with E-state index in [1.807, 2.05) is 13.0 Å². The smallest absolute Gasteiger partial charge is 0.208 e. The van der Waals surface area contributed by atoms with Crippen LogP contribution in [-0.4, -0.2) is 56.2 Å². The van der Waals surface area contributed by atoms with Gasteiger partial charge in [-0.3, -0.25) is 4.79 Å². The first kappa shape index (κ1) is 36.3. The van der Waals surface area contributed by atoms with Gasteiger partial charge in [0.15, 0.2) is 8.32 Å². The molecule has 2 aromatic rings. The van der Waals surface area contributed by atoms with Crippen molar-refractivity contribution in [2.45, 2.75) is 135 Å². The first-order valence-corrected chi connectivity index (χ1v) is 22.0. The fourth-order valence-corrected chi connectivity index (χ4v) is 15.0. The van der Waals surface area contributed by atoms with Crippen LogP contribution in [0.3, 0.4) is 0 Å². The quantitative estimate of drug-likeness (QED) is 0.162. The van der Waals surface area contributed by atoms with E-state index in [0.717, 1.165) is 18.4 Å². The largest absolute Gasteiger partial charge is 0.413 e. The lowest BCUT2D eigenvalue weighted by Crippen LogP contribution is -2.51. The molecule has 0 unspecified atom stereocenters. The highest BCUT2D eigenvalue weighted by Gasteiger charge is 2.49. The Bertz CT molecular complexity index is 1230.